The topological polar surface area (TPSA) is 35.2 Å². The summed E-state index contributed by atoms with van der Waals surface area (Å²) in [6.45, 7) is 1.59. The molecule has 0 radical (unpaired) electrons. The van der Waals surface area contributed by atoms with Crippen molar-refractivity contribution in [1.29, 1.82) is 0 Å². The molecule has 2 N–H and O–H groups in total. The van der Waals surface area contributed by atoms with Crippen LogP contribution in [0.15, 0.2) is 0 Å². The monoisotopic (exact) mass is 169 g/mol. The SMILES string of the molecule is C[C@@H]1C[C@@H](N)[C@@H](C(F)(F)F)O1. The molecule has 1 aliphatic rings. The molecule has 1 aliphatic heterocycles. The van der Waals surface area contributed by atoms with Gasteiger partial charge < -0.3 is 10.5 Å². The number of nitrogens with two attached hydrogens (primary N) is 1. The Morgan fingerprint density at radius 1 is 1.45 bits per heavy atom. The van der Waals surface area contributed by atoms with E-state index in [1.807, 2.05) is 0 Å². The normalized spacial score (nSPS) is 39.5. The summed E-state index contributed by atoms with van der Waals surface area (Å²) < 4.78 is 40.5. The molecule has 0 saturated carbocycles. The minimum atomic E-state index is -4.32. The Morgan fingerprint density at radius 3 is 2.18 bits per heavy atom. The quantitative estimate of drug-likeness (QED) is 0.588. The van der Waals surface area contributed by atoms with Gasteiger partial charge in [0.05, 0.1) is 6.10 Å². The molecule has 0 spiro atoms. The van der Waals surface area contributed by atoms with Crippen LogP contribution in [0.5, 0.6) is 0 Å². The first-order chi connectivity index (χ1) is 4.91. The fourth-order valence-electron chi connectivity index (χ4n) is 1.23. The lowest BCUT2D eigenvalue weighted by Crippen LogP contribution is -2.41. The molecule has 0 aromatic heterocycles. The fraction of sp³-hybridized carbons (Fsp3) is 1.00. The van der Waals surface area contributed by atoms with Gasteiger partial charge >= 0.3 is 6.18 Å². The number of hydrogen-bond acceptors (Lipinski definition) is 2. The van der Waals surface area contributed by atoms with Crippen LogP contribution in [0.4, 0.5) is 13.2 Å². The highest BCUT2D eigenvalue weighted by atomic mass is 19.4. The van der Waals surface area contributed by atoms with Crippen molar-refractivity contribution in [2.45, 2.75) is 37.8 Å². The van der Waals surface area contributed by atoms with Crippen LogP contribution in [-0.4, -0.2) is 24.4 Å². The summed E-state index contributed by atoms with van der Waals surface area (Å²) >= 11 is 0. The molecule has 0 amide bonds. The molecule has 11 heavy (non-hydrogen) atoms. The van der Waals surface area contributed by atoms with Crippen LogP contribution in [0.1, 0.15) is 13.3 Å². The van der Waals surface area contributed by atoms with Gasteiger partial charge in [-0.3, -0.25) is 0 Å². The van der Waals surface area contributed by atoms with Crippen molar-refractivity contribution >= 4 is 0 Å². The van der Waals surface area contributed by atoms with Crippen molar-refractivity contribution in [2.24, 2.45) is 5.73 Å². The molecule has 0 bridgehead atoms. The van der Waals surface area contributed by atoms with Crippen molar-refractivity contribution in [3.05, 3.63) is 0 Å². The maximum absolute atomic E-state index is 12.0. The van der Waals surface area contributed by atoms with Gasteiger partial charge in [-0.25, -0.2) is 0 Å². The Morgan fingerprint density at radius 2 is 2.00 bits per heavy atom. The number of hydrogen-bond donors (Lipinski definition) is 1. The van der Waals surface area contributed by atoms with Gasteiger partial charge in [-0.1, -0.05) is 0 Å². The predicted molar refractivity (Wildman–Crippen MR) is 33.0 cm³/mol. The average Bonchev–Trinajstić information content (AvgIpc) is 2.08. The predicted octanol–water partition coefficient (Wildman–Crippen LogP) is 1.05. The summed E-state index contributed by atoms with van der Waals surface area (Å²) in [7, 11) is 0. The summed E-state index contributed by atoms with van der Waals surface area (Å²) in [6.07, 6.45) is -6.18. The van der Waals surface area contributed by atoms with E-state index in [2.05, 4.69) is 4.74 Å². The minimum Gasteiger partial charge on any atom is -0.364 e. The average molecular weight is 169 g/mol. The second-order valence-corrected chi connectivity index (χ2v) is 2.81. The van der Waals surface area contributed by atoms with E-state index in [4.69, 9.17) is 5.73 Å². The second kappa shape index (κ2) is 2.64. The van der Waals surface area contributed by atoms with Crippen molar-refractivity contribution in [2.75, 3.05) is 0 Å². The van der Waals surface area contributed by atoms with Crippen LogP contribution >= 0.6 is 0 Å². The highest BCUT2D eigenvalue weighted by Gasteiger charge is 2.49. The number of rotatable bonds is 0. The van der Waals surface area contributed by atoms with E-state index in [-0.39, 0.29) is 12.5 Å². The molecule has 1 fully saturated rings. The molecular weight excluding hydrogens is 159 g/mol. The van der Waals surface area contributed by atoms with Crippen molar-refractivity contribution < 1.29 is 17.9 Å². The van der Waals surface area contributed by atoms with Crippen molar-refractivity contribution in [3.63, 3.8) is 0 Å². The molecule has 1 rings (SSSR count). The van der Waals surface area contributed by atoms with E-state index in [0.717, 1.165) is 0 Å². The van der Waals surface area contributed by atoms with Gasteiger partial charge in [-0.2, -0.15) is 13.2 Å². The Labute approximate surface area is 62.5 Å². The molecular formula is C6H10F3NO. The van der Waals surface area contributed by atoms with E-state index in [1.165, 1.54) is 0 Å². The van der Waals surface area contributed by atoms with Gasteiger partial charge in [0.2, 0.25) is 0 Å². The summed E-state index contributed by atoms with van der Waals surface area (Å²) in [4.78, 5) is 0. The first kappa shape index (κ1) is 8.80. The third-order valence-corrected chi connectivity index (χ3v) is 1.69. The molecule has 0 aromatic carbocycles. The van der Waals surface area contributed by atoms with Crippen LogP contribution in [0, 0.1) is 0 Å². The summed E-state index contributed by atoms with van der Waals surface area (Å²) in [5, 5.41) is 0. The van der Waals surface area contributed by atoms with E-state index in [1.54, 1.807) is 6.92 Å². The van der Waals surface area contributed by atoms with Gasteiger partial charge in [0.25, 0.3) is 0 Å². The van der Waals surface area contributed by atoms with Crippen molar-refractivity contribution in [1.82, 2.24) is 0 Å². The first-order valence-corrected chi connectivity index (χ1v) is 3.39. The Balaban J connectivity index is 2.60. The second-order valence-electron chi connectivity index (χ2n) is 2.81. The van der Waals surface area contributed by atoms with Crippen molar-refractivity contribution in [3.8, 4) is 0 Å². The molecule has 2 nitrogen and oxygen atoms in total. The number of ether oxygens (including phenoxy) is 1. The van der Waals surface area contributed by atoms with E-state index >= 15 is 0 Å². The zero-order valence-corrected chi connectivity index (χ0v) is 6.06. The lowest BCUT2D eigenvalue weighted by Gasteiger charge is -2.17. The number of halogens is 3. The minimum absolute atomic E-state index is 0.282. The Hall–Kier alpha value is -0.290. The zero-order valence-electron chi connectivity index (χ0n) is 6.06. The molecule has 1 saturated heterocycles. The van der Waals surface area contributed by atoms with E-state index in [9.17, 15) is 13.2 Å². The maximum Gasteiger partial charge on any atom is 0.416 e. The molecule has 0 aromatic rings. The van der Waals surface area contributed by atoms with Crippen LogP contribution in [0.2, 0.25) is 0 Å². The lowest BCUT2D eigenvalue weighted by molar-refractivity contribution is -0.216. The van der Waals surface area contributed by atoms with E-state index < -0.39 is 18.3 Å². The smallest absolute Gasteiger partial charge is 0.364 e. The molecule has 1 heterocycles. The molecule has 66 valence electrons. The molecule has 0 aliphatic carbocycles. The molecule has 3 atom stereocenters. The van der Waals surface area contributed by atoms with E-state index in [0.29, 0.717) is 0 Å². The van der Waals surface area contributed by atoms with Gasteiger partial charge in [0.15, 0.2) is 6.10 Å². The van der Waals surface area contributed by atoms with Crippen LogP contribution in [0.3, 0.4) is 0 Å². The van der Waals surface area contributed by atoms with Crippen LogP contribution in [0.25, 0.3) is 0 Å². The maximum atomic E-state index is 12.0. The molecule has 0 unspecified atom stereocenters. The van der Waals surface area contributed by atoms with Gasteiger partial charge in [0, 0.05) is 6.04 Å². The number of alkyl halides is 3. The standard InChI is InChI=1S/C6H10F3NO/c1-3-2-4(10)5(11-3)6(7,8)9/h3-5H,2,10H2,1H3/t3-,4-,5+/m1/s1. The largest absolute Gasteiger partial charge is 0.416 e. The van der Waals surface area contributed by atoms with Crippen LogP contribution in [-0.2, 0) is 4.74 Å². The zero-order chi connectivity index (χ0) is 8.65. The summed E-state index contributed by atoms with van der Waals surface area (Å²) in [5.41, 5.74) is 5.21. The lowest BCUT2D eigenvalue weighted by atomic mass is 10.1. The van der Waals surface area contributed by atoms with Gasteiger partial charge in [0.1, 0.15) is 0 Å². The highest BCUT2D eigenvalue weighted by Crippen LogP contribution is 2.32. The Bertz CT molecular complexity index is 147. The Kier molecular flexibility index (Phi) is 2.11. The van der Waals surface area contributed by atoms with Crippen LogP contribution < -0.4 is 5.73 Å². The molecule has 5 heteroatoms. The summed E-state index contributed by atoms with van der Waals surface area (Å²) in [6, 6.07) is -0.898. The fourth-order valence-corrected chi connectivity index (χ4v) is 1.23. The summed E-state index contributed by atoms with van der Waals surface area (Å²) in [5.74, 6) is 0. The van der Waals surface area contributed by atoms with Gasteiger partial charge in [-0.05, 0) is 13.3 Å². The van der Waals surface area contributed by atoms with Gasteiger partial charge in [-0.15, -0.1) is 0 Å². The highest BCUT2D eigenvalue weighted by molar-refractivity contribution is 4.87. The third-order valence-electron chi connectivity index (χ3n) is 1.69. The third kappa shape index (κ3) is 1.84. The first-order valence-electron chi connectivity index (χ1n) is 3.39.